The molecule has 3 aliphatic heterocycles. The Labute approximate surface area is 141 Å². The first-order valence-corrected chi connectivity index (χ1v) is 8.38. The summed E-state index contributed by atoms with van der Waals surface area (Å²) in [5.41, 5.74) is 2.25. The minimum Gasteiger partial charge on any atom is -0.465 e. The van der Waals surface area contributed by atoms with E-state index in [-0.39, 0.29) is 17.4 Å². The van der Waals surface area contributed by atoms with Crippen molar-refractivity contribution in [1.29, 1.82) is 0 Å². The smallest absolute Gasteiger partial charge is 0.407 e. The lowest BCUT2D eigenvalue weighted by molar-refractivity contribution is -0.123. The number of rotatable bonds is 0. The van der Waals surface area contributed by atoms with Crippen LogP contribution in [-0.4, -0.2) is 53.7 Å². The number of likely N-dealkylation sites (tertiary alicyclic amines) is 1. The summed E-state index contributed by atoms with van der Waals surface area (Å²) >= 11 is 0. The van der Waals surface area contributed by atoms with Crippen molar-refractivity contribution in [3.05, 3.63) is 23.8 Å². The minimum absolute atomic E-state index is 0.0806. The zero-order chi connectivity index (χ0) is 17.4. The van der Waals surface area contributed by atoms with E-state index in [0.717, 1.165) is 23.4 Å². The molecule has 3 heterocycles. The molecular weight excluding hydrogens is 306 g/mol. The average Bonchev–Trinajstić information content (AvgIpc) is 2.81. The summed E-state index contributed by atoms with van der Waals surface area (Å²) in [5, 5.41) is 9.45. The van der Waals surface area contributed by atoms with Crippen LogP contribution in [0, 0.1) is 0 Å². The number of hydrogen-bond acceptors (Lipinski definition) is 3. The van der Waals surface area contributed by atoms with Gasteiger partial charge >= 0.3 is 6.09 Å². The molecule has 1 aromatic rings. The monoisotopic (exact) mass is 329 g/mol. The van der Waals surface area contributed by atoms with Gasteiger partial charge in [0.2, 0.25) is 0 Å². The standard InChI is InChI=1S/C18H23N3O3/c1-17(2)15(22)19(4)12-7-5-6-11-14(12)21(17)13-8-9-20(16(23)24)10-18(11,13)3/h5-7,13H,8-10H2,1-4H3,(H,23,24). The van der Waals surface area contributed by atoms with Crippen molar-refractivity contribution in [3.8, 4) is 0 Å². The molecule has 3 aliphatic rings. The Morgan fingerprint density at radius 3 is 2.67 bits per heavy atom. The predicted molar refractivity (Wildman–Crippen MR) is 91.8 cm³/mol. The fraction of sp³-hybridized carbons (Fsp3) is 0.556. The molecule has 0 aliphatic carbocycles. The van der Waals surface area contributed by atoms with Crippen molar-refractivity contribution in [2.24, 2.45) is 0 Å². The van der Waals surface area contributed by atoms with Gasteiger partial charge in [-0.3, -0.25) is 4.79 Å². The number of carbonyl (C=O) groups excluding carboxylic acids is 1. The van der Waals surface area contributed by atoms with Gasteiger partial charge in [-0.2, -0.15) is 0 Å². The van der Waals surface area contributed by atoms with Gasteiger partial charge in [-0.25, -0.2) is 4.79 Å². The van der Waals surface area contributed by atoms with Gasteiger partial charge in [0.25, 0.3) is 5.91 Å². The molecule has 0 radical (unpaired) electrons. The summed E-state index contributed by atoms with van der Waals surface area (Å²) in [5.74, 6) is 0.0806. The first kappa shape index (κ1) is 15.3. The van der Waals surface area contributed by atoms with E-state index < -0.39 is 11.6 Å². The molecule has 1 fully saturated rings. The van der Waals surface area contributed by atoms with Crippen molar-refractivity contribution < 1.29 is 14.7 Å². The number of fused-ring (bicyclic) bond motifs is 3. The normalized spacial score (nSPS) is 30.2. The van der Waals surface area contributed by atoms with Crippen LogP contribution in [0.4, 0.5) is 16.2 Å². The molecule has 2 unspecified atom stereocenters. The first-order valence-electron chi connectivity index (χ1n) is 8.38. The van der Waals surface area contributed by atoms with Crippen LogP contribution >= 0.6 is 0 Å². The van der Waals surface area contributed by atoms with Crippen LogP contribution in [0.25, 0.3) is 0 Å². The van der Waals surface area contributed by atoms with E-state index in [2.05, 4.69) is 17.9 Å². The number of anilines is 2. The number of para-hydroxylation sites is 1. The molecule has 1 aromatic carbocycles. The molecular formula is C18H23N3O3. The lowest BCUT2D eigenvalue weighted by atomic mass is 9.74. The third kappa shape index (κ3) is 1.61. The quantitative estimate of drug-likeness (QED) is 0.793. The van der Waals surface area contributed by atoms with Crippen molar-refractivity contribution in [3.63, 3.8) is 0 Å². The maximum atomic E-state index is 12.9. The van der Waals surface area contributed by atoms with E-state index in [0.29, 0.717) is 13.1 Å². The Balaban J connectivity index is 1.94. The maximum Gasteiger partial charge on any atom is 0.407 e. The van der Waals surface area contributed by atoms with Gasteiger partial charge in [-0.1, -0.05) is 19.1 Å². The van der Waals surface area contributed by atoms with E-state index in [1.807, 2.05) is 33.0 Å². The number of benzene rings is 1. The average molecular weight is 329 g/mol. The number of likely N-dealkylation sites (N-methyl/N-ethyl adjacent to an activating group) is 1. The molecule has 6 nitrogen and oxygen atoms in total. The van der Waals surface area contributed by atoms with Gasteiger partial charge in [-0.15, -0.1) is 0 Å². The Morgan fingerprint density at radius 2 is 2.00 bits per heavy atom. The van der Waals surface area contributed by atoms with Crippen molar-refractivity contribution in [1.82, 2.24) is 4.90 Å². The molecule has 6 heteroatoms. The van der Waals surface area contributed by atoms with Crippen LogP contribution in [0.1, 0.15) is 32.8 Å². The highest BCUT2D eigenvalue weighted by molar-refractivity contribution is 6.09. The van der Waals surface area contributed by atoms with Crippen LogP contribution in [0.5, 0.6) is 0 Å². The van der Waals surface area contributed by atoms with E-state index in [4.69, 9.17) is 0 Å². The third-order valence-corrected chi connectivity index (χ3v) is 6.17. The van der Waals surface area contributed by atoms with Gasteiger partial charge in [-0.05, 0) is 31.9 Å². The molecule has 1 N–H and O–H groups in total. The SMILES string of the molecule is CN1C(=O)C(C)(C)N2c3c1cccc3C1(C)CN(C(=O)O)CCC21. The molecule has 2 atom stereocenters. The summed E-state index contributed by atoms with van der Waals surface area (Å²) in [6, 6.07) is 6.18. The summed E-state index contributed by atoms with van der Waals surface area (Å²) in [7, 11) is 1.82. The molecule has 2 amide bonds. The lowest BCUT2D eigenvalue weighted by Crippen LogP contribution is -2.65. The first-order chi connectivity index (χ1) is 11.2. The summed E-state index contributed by atoms with van der Waals surface area (Å²) < 4.78 is 0. The van der Waals surface area contributed by atoms with E-state index in [9.17, 15) is 14.7 Å². The van der Waals surface area contributed by atoms with Crippen molar-refractivity contribution in [2.45, 2.75) is 44.2 Å². The summed E-state index contributed by atoms with van der Waals surface area (Å²) in [6.07, 6.45) is -0.134. The summed E-state index contributed by atoms with van der Waals surface area (Å²) in [6.45, 7) is 7.06. The molecule has 4 rings (SSSR count). The van der Waals surface area contributed by atoms with Crippen molar-refractivity contribution >= 4 is 23.4 Å². The lowest BCUT2D eigenvalue weighted by Gasteiger charge is -2.51. The maximum absolute atomic E-state index is 12.9. The highest BCUT2D eigenvalue weighted by Crippen LogP contribution is 2.56. The number of nitrogens with zero attached hydrogens (tertiary/aromatic N) is 3. The van der Waals surface area contributed by atoms with Gasteiger partial charge in [0.05, 0.1) is 11.4 Å². The third-order valence-electron chi connectivity index (χ3n) is 6.17. The van der Waals surface area contributed by atoms with Crippen LogP contribution in [0.3, 0.4) is 0 Å². The van der Waals surface area contributed by atoms with Gasteiger partial charge in [0.1, 0.15) is 5.54 Å². The van der Waals surface area contributed by atoms with Crippen LogP contribution in [0.2, 0.25) is 0 Å². The molecule has 0 saturated carbocycles. The minimum atomic E-state index is -0.867. The fourth-order valence-electron chi connectivity index (χ4n) is 4.98. The molecule has 128 valence electrons. The van der Waals surface area contributed by atoms with Crippen LogP contribution < -0.4 is 9.80 Å². The highest BCUT2D eigenvalue weighted by atomic mass is 16.4. The zero-order valence-corrected chi connectivity index (χ0v) is 14.5. The second-order valence-corrected chi connectivity index (χ2v) is 7.89. The second-order valence-electron chi connectivity index (χ2n) is 7.89. The van der Waals surface area contributed by atoms with Crippen LogP contribution in [-0.2, 0) is 10.2 Å². The summed E-state index contributed by atoms with van der Waals surface area (Å²) in [4.78, 5) is 30.0. The Morgan fingerprint density at radius 1 is 1.29 bits per heavy atom. The van der Waals surface area contributed by atoms with E-state index in [1.54, 1.807) is 4.90 Å². The molecule has 0 spiro atoms. The Bertz CT molecular complexity index is 760. The number of hydrogen-bond donors (Lipinski definition) is 1. The Hall–Kier alpha value is -2.24. The van der Waals surface area contributed by atoms with Crippen LogP contribution in [0.15, 0.2) is 18.2 Å². The molecule has 0 bridgehead atoms. The second kappa shape index (κ2) is 4.43. The Kier molecular flexibility index (Phi) is 2.83. The van der Waals surface area contributed by atoms with Gasteiger partial charge in [0.15, 0.2) is 0 Å². The van der Waals surface area contributed by atoms with Gasteiger partial charge in [0, 0.05) is 31.6 Å². The number of piperidine rings is 1. The predicted octanol–water partition coefficient (Wildman–Crippen LogP) is 2.27. The number of amides is 2. The molecule has 0 aromatic heterocycles. The van der Waals surface area contributed by atoms with Crippen molar-refractivity contribution in [2.75, 3.05) is 29.9 Å². The number of carboxylic acid groups (broad SMARTS) is 1. The molecule has 24 heavy (non-hydrogen) atoms. The number of carbonyl (C=O) groups is 2. The van der Waals surface area contributed by atoms with Gasteiger partial charge < -0.3 is 19.8 Å². The topological polar surface area (TPSA) is 64.1 Å². The fourth-order valence-corrected chi connectivity index (χ4v) is 4.98. The van der Waals surface area contributed by atoms with E-state index in [1.165, 1.54) is 4.90 Å². The molecule has 1 saturated heterocycles. The highest BCUT2D eigenvalue weighted by Gasteiger charge is 2.59. The largest absolute Gasteiger partial charge is 0.465 e. The van der Waals surface area contributed by atoms with E-state index >= 15 is 0 Å². The zero-order valence-electron chi connectivity index (χ0n) is 14.5.